The van der Waals surface area contributed by atoms with Gasteiger partial charge in [-0.25, -0.2) is 9.78 Å². The molecule has 0 radical (unpaired) electrons. The first-order valence-corrected chi connectivity index (χ1v) is 12.2. The van der Waals surface area contributed by atoms with Crippen LogP contribution in [-0.4, -0.2) is 65.2 Å². The summed E-state index contributed by atoms with van der Waals surface area (Å²) in [5.41, 5.74) is 3.82. The summed E-state index contributed by atoms with van der Waals surface area (Å²) in [6.45, 7) is 1.30. The van der Waals surface area contributed by atoms with E-state index in [0.29, 0.717) is 42.5 Å². The molecular formula is C24H25N5O5S. The lowest BCUT2D eigenvalue weighted by atomic mass is 10.1. The van der Waals surface area contributed by atoms with E-state index in [1.165, 1.54) is 16.7 Å². The fraction of sp³-hybridized carbons (Fsp3) is 0.333. The Morgan fingerprint density at radius 3 is 3.06 bits per heavy atom. The molecule has 2 atom stereocenters. The van der Waals surface area contributed by atoms with Crippen molar-refractivity contribution in [1.82, 2.24) is 15.3 Å². The zero-order valence-electron chi connectivity index (χ0n) is 19.1. The van der Waals surface area contributed by atoms with Gasteiger partial charge in [0.1, 0.15) is 6.10 Å². The Bertz CT molecular complexity index is 1270. The van der Waals surface area contributed by atoms with E-state index < -0.39 is 18.3 Å². The van der Waals surface area contributed by atoms with Crippen molar-refractivity contribution in [2.75, 3.05) is 36.2 Å². The van der Waals surface area contributed by atoms with Crippen molar-refractivity contribution in [3.05, 3.63) is 48.2 Å². The number of ether oxygens (including phenoxy) is 2. The molecular weight excluding hydrogens is 470 g/mol. The number of aromatic nitrogens is 2. The fourth-order valence-electron chi connectivity index (χ4n) is 4.11. The van der Waals surface area contributed by atoms with Crippen molar-refractivity contribution in [2.45, 2.75) is 30.1 Å². The lowest BCUT2D eigenvalue weighted by Crippen LogP contribution is -2.33. The summed E-state index contributed by atoms with van der Waals surface area (Å²) in [7, 11) is 1.57. The number of anilines is 2. The maximum absolute atomic E-state index is 12.5. The molecule has 0 spiro atoms. The van der Waals surface area contributed by atoms with Crippen LogP contribution in [0.4, 0.5) is 16.2 Å². The van der Waals surface area contributed by atoms with Gasteiger partial charge in [-0.15, -0.1) is 11.8 Å². The van der Waals surface area contributed by atoms with Gasteiger partial charge in [-0.1, -0.05) is 0 Å². The summed E-state index contributed by atoms with van der Waals surface area (Å²) in [5, 5.41) is 16.8. The number of cyclic esters (lactones) is 1. The Morgan fingerprint density at radius 2 is 2.20 bits per heavy atom. The standard InChI is InChI=1S/C24H25N5O5S/c1-33-22-5-3-16-23(28-22)14(6-9-26-16)11-25-8-7-18(30)19-12-29(24(32)34-19)15-2-4-20-17(10-15)27-21(31)13-35-20/h2-6,9-10,18-19,25,30H,7-8,11-13H2,1H3,(H,27,31)/t18-,19?/m1/s1. The molecule has 2 aliphatic heterocycles. The average Bonchev–Trinajstić information content (AvgIpc) is 3.27. The van der Waals surface area contributed by atoms with Gasteiger partial charge in [0, 0.05) is 29.4 Å². The molecule has 2 aromatic heterocycles. The monoisotopic (exact) mass is 495 g/mol. The predicted molar refractivity (Wildman–Crippen MR) is 132 cm³/mol. The topological polar surface area (TPSA) is 126 Å². The predicted octanol–water partition coefficient (Wildman–Crippen LogP) is 2.55. The van der Waals surface area contributed by atoms with E-state index in [1.54, 1.807) is 25.4 Å². The van der Waals surface area contributed by atoms with Crippen molar-refractivity contribution in [3.8, 4) is 5.88 Å². The van der Waals surface area contributed by atoms with Gasteiger partial charge in [-0.3, -0.25) is 14.7 Å². The number of carbonyl (C=O) groups is 2. The van der Waals surface area contributed by atoms with Crippen molar-refractivity contribution in [2.24, 2.45) is 0 Å². The van der Waals surface area contributed by atoms with Crippen LogP contribution in [0.25, 0.3) is 11.0 Å². The van der Waals surface area contributed by atoms with Gasteiger partial charge < -0.3 is 25.2 Å². The maximum Gasteiger partial charge on any atom is 0.414 e. The van der Waals surface area contributed by atoms with Crippen LogP contribution in [0.15, 0.2) is 47.5 Å². The van der Waals surface area contributed by atoms with Crippen molar-refractivity contribution in [3.63, 3.8) is 0 Å². The minimum Gasteiger partial charge on any atom is -0.481 e. The van der Waals surface area contributed by atoms with E-state index in [2.05, 4.69) is 20.6 Å². The molecule has 4 heterocycles. The molecule has 35 heavy (non-hydrogen) atoms. The Labute approximate surface area is 206 Å². The van der Waals surface area contributed by atoms with Gasteiger partial charge in [0.15, 0.2) is 0 Å². The minimum atomic E-state index is -0.822. The van der Waals surface area contributed by atoms with E-state index in [-0.39, 0.29) is 12.5 Å². The number of thioether (sulfide) groups is 1. The highest BCUT2D eigenvalue weighted by Gasteiger charge is 2.37. The minimum absolute atomic E-state index is 0.0703. The number of hydrogen-bond donors (Lipinski definition) is 3. The van der Waals surface area contributed by atoms with Crippen LogP contribution in [0, 0.1) is 0 Å². The summed E-state index contributed by atoms with van der Waals surface area (Å²) in [5.74, 6) is 0.830. The second-order valence-electron chi connectivity index (χ2n) is 8.27. The Hall–Kier alpha value is -3.41. The van der Waals surface area contributed by atoms with Crippen LogP contribution in [-0.2, 0) is 16.1 Å². The third kappa shape index (κ3) is 5.02. The van der Waals surface area contributed by atoms with Gasteiger partial charge in [-0.05, 0) is 48.9 Å². The summed E-state index contributed by atoms with van der Waals surface area (Å²) in [4.78, 5) is 35.4. The third-order valence-corrected chi connectivity index (χ3v) is 7.03. The molecule has 1 saturated heterocycles. The van der Waals surface area contributed by atoms with E-state index in [0.717, 1.165) is 21.5 Å². The van der Waals surface area contributed by atoms with Crippen LogP contribution < -0.4 is 20.3 Å². The molecule has 1 fully saturated rings. The molecule has 2 amide bonds. The highest BCUT2D eigenvalue weighted by atomic mass is 32.2. The highest BCUT2D eigenvalue weighted by molar-refractivity contribution is 8.00. The smallest absolute Gasteiger partial charge is 0.414 e. The molecule has 1 aromatic carbocycles. The quantitative estimate of drug-likeness (QED) is 0.404. The Balaban J connectivity index is 1.16. The largest absolute Gasteiger partial charge is 0.481 e. The summed E-state index contributed by atoms with van der Waals surface area (Å²) in [6.07, 6.45) is 0.163. The maximum atomic E-state index is 12.5. The fourth-order valence-corrected chi connectivity index (χ4v) is 4.90. The van der Waals surface area contributed by atoms with Gasteiger partial charge in [0.2, 0.25) is 11.8 Å². The van der Waals surface area contributed by atoms with Crippen LogP contribution in [0.3, 0.4) is 0 Å². The van der Waals surface area contributed by atoms with Crippen molar-refractivity contribution in [1.29, 1.82) is 0 Å². The first-order chi connectivity index (χ1) is 17.0. The van der Waals surface area contributed by atoms with Gasteiger partial charge in [0.05, 0.1) is 42.2 Å². The summed E-state index contributed by atoms with van der Waals surface area (Å²) < 4.78 is 10.7. The summed E-state index contributed by atoms with van der Waals surface area (Å²) in [6, 6.07) is 11.0. The SMILES string of the molecule is COc1ccc2nccc(CNCC[C@@H](O)C3CN(c4ccc5c(c4)NC(=O)CS5)C(=O)O3)c2n1. The van der Waals surface area contributed by atoms with Crippen molar-refractivity contribution < 1.29 is 24.2 Å². The van der Waals surface area contributed by atoms with E-state index in [4.69, 9.17) is 9.47 Å². The second-order valence-corrected chi connectivity index (χ2v) is 9.29. The number of hydrogen-bond acceptors (Lipinski definition) is 9. The number of aliphatic hydroxyl groups excluding tert-OH is 1. The number of benzene rings is 1. The van der Waals surface area contributed by atoms with E-state index in [9.17, 15) is 14.7 Å². The molecule has 0 bridgehead atoms. The zero-order valence-corrected chi connectivity index (χ0v) is 19.9. The van der Waals surface area contributed by atoms with E-state index >= 15 is 0 Å². The number of aliphatic hydroxyl groups is 1. The molecule has 182 valence electrons. The number of amides is 2. The number of nitrogens with one attached hydrogen (secondary N) is 2. The number of rotatable bonds is 8. The zero-order chi connectivity index (χ0) is 24.4. The normalized spacial score (nSPS) is 18.2. The van der Waals surface area contributed by atoms with Crippen LogP contribution in [0.1, 0.15) is 12.0 Å². The molecule has 1 unspecified atom stereocenters. The first-order valence-electron chi connectivity index (χ1n) is 11.2. The molecule has 0 saturated carbocycles. The van der Waals surface area contributed by atoms with E-state index in [1.807, 2.05) is 24.3 Å². The first kappa shape index (κ1) is 23.3. The Kier molecular flexibility index (Phi) is 6.71. The highest BCUT2D eigenvalue weighted by Crippen LogP contribution is 2.35. The van der Waals surface area contributed by atoms with Gasteiger partial charge in [-0.2, -0.15) is 0 Å². The molecule has 3 N–H and O–H groups in total. The lowest BCUT2D eigenvalue weighted by Gasteiger charge is -2.20. The van der Waals surface area contributed by atoms with Crippen LogP contribution in [0.2, 0.25) is 0 Å². The number of methoxy groups -OCH3 is 1. The second kappa shape index (κ2) is 10.1. The summed E-state index contributed by atoms with van der Waals surface area (Å²) >= 11 is 1.46. The average molecular weight is 496 g/mol. The lowest BCUT2D eigenvalue weighted by molar-refractivity contribution is -0.113. The van der Waals surface area contributed by atoms with Gasteiger partial charge in [0.25, 0.3) is 0 Å². The third-order valence-electron chi connectivity index (χ3n) is 5.96. The van der Waals surface area contributed by atoms with Crippen LogP contribution >= 0.6 is 11.8 Å². The molecule has 2 aliphatic rings. The molecule has 3 aromatic rings. The van der Waals surface area contributed by atoms with Gasteiger partial charge >= 0.3 is 6.09 Å². The number of pyridine rings is 2. The Morgan fingerprint density at radius 1 is 1.31 bits per heavy atom. The number of carbonyl (C=O) groups excluding carboxylic acids is 2. The molecule has 10 nitrogen and oxygen atoms in total. The molecule has 11 heteroatoms. The number of fused-ring (bicyclic) bond motifs is 2. The van der Waals surface area contributed by atoms with Crippen LogP contribution in [0.5, 0.6) is 5.88 Å². The molecule has 5 rings (SSSR count). The number of nitrogens with zero attached hydrogens (tertiary/aromatic N) is 3. The molecule has 0 aliphatic carbocycles. The van der Waals surface area contributed by atoms with Crippen molar-refractivity contribution >= 4 is 46.2 Å².